The molecule has 1 atom stereocenters. The number of benzene rings is 1. The quantitative estimate of drug-likeness (QED) is 0.923. The second kappa shape index (κ2) is 5.50. The van der Waals surface area contributed by atoms with Crippen LogP contribution in [0.5, 0.6) is 0 Å². The van der Waals surface area contributed by atoms with Gasteiger partial charge in [0, 0.05) is 4.88 Å². The third kappa shape index (κ3) is 3.09. The van der Waals surface area contributed by atoms with Gasteiger partial charge in [-0.25, -0.2) is 4.39 Å². The number of aliphatic carboxylic acids is 1. The van der Waals surface area contributed by atoms with Crippen LogP contribution in [0.1, 0.15) is 16.4 Å². The highest BCUT2D eigenvalue weighted by molar-refractivity contribution is 7.16. The number of carboxylic acids is 1. The van der Waals surface area contributed by atoms with Gasteiger partial charge < -0.3 is 5.11 Å². The molecule has 0 aliphatic carbocycles. The van der Waals surface area contributed by atoms with Crippen molar-refractivity contribution in [1.29, 1.82) is 0 Å². The normalized spacial score (nSPS) is 12.3. The van der Waals surface area contributed by atoms with Gasteiger partial charge in [-0.1, -0.05) is 23.7 Å². The minimum Gasteiger partial charge on any atom is -0.481 e. The fourth-order valence-corrected chi connectivity index (χ4v) is 2.84. The van der Waals surface area contributed by atoms with Crippen LogP contribution in [0.2, 0.25) is 4.34 Å². The van der Waals surface area contributed by atoms with E-state index in [0.717, 1.165) is 4.88 Å². The minimum absolute atomic E-state index is 0.359. The third-order valence-corrected chi connectivity index (χ3v) is 3.86. The van der Waals surface area contributed by atoms with E-state index in [1.165, 1.54) is 35.6 Å². The molecule has 1 unspecified atom stereocenters. The molecule has 0 radical (unpaired) electrons. The fraction of sp³-hybridized carbons (Fsp3) is 0.154. The molecule has 5 heteroatoms. The smallest absolute Gasteiger partial charge is 0.311 e. The van der Waals surface area contributed by atoms with Gasteiger partial charge in [0.1, 0.15) is 5.82 Å². The lowest BCUT2D eigenvalue weighted by Crippen LogP contribution is -2.13. The van der Waals surface area contributed by atoms with Crippen molar-refractivity contribution >= 4 is 28.9 Å². The molecule has 0 aliphatic heterocycles. The SMILES string of the molecule is O=C(O)C(Cc1ccc(Cl)s1)c1ccc(F)cc1. The first-order valence-electron chi connectivity index (χ1n) is 5.29. The van der Waals surface area contributed by atoms with Crippen LogP contribution < -0.4 is 0 Å². The summed E-state index contributed by atoms with van der Waals surface area (Å²) in [5.41, 5.74) is 0.591. The Hall–Kier alpha value is -1.39. The first-order chi connectivity index (χ1) is 8.56. The summed E-state index contributed by atoms with van der Waals surface area (Å²) in [7, 11) is 0. The molecule has 0 spiro atoms. The number of thiophene rings is 1. The van der Waals surface area contributed by atoms with E-state index in [4.69, 9.17) is 11.6 Å². The van der Waals surface area contributed by atoms with Crippen molar-refractivity contribution < 1.29 is 14.3 Å². The molecule has 0 saturated carbocycles. The first kappa shape index (κ1) is 13.1. The molecule has 2 rings (SSSR count). The lowest BCUT2D eigenvalue weighted by molar-refractivity contribution is -0.138. The summed E-state index contributed by atoms with van der Waals surface area (Å²) >= 11 is 7.17. The maximum atomic E-state index is 12.8. The zero-order valence-corrected chi connectivity index (χ0v) is 10.8. The number of carboxylic acid groups (broad SMARTS) is 1. The van der Waals surface area contributed by atoms with Crippen molar-refractivity contribution in [2.24, 2.45) is 0 Å². The number of rotatable bonds is 4. The summed E-state index contributed by atoms with van der Waals surface area (Å²) in [5.74, 6) is -1.98. The predicted octanol–water partition coefficient (Wildman–Crippen LogP) is 3.95. The van der Waals surface area contributed by atoms with Crippen LogP contribution in [0.15, 0.2) is 36.4 Å². The minimum atomic E-state index is -0.925. The fourth-order valence-electron chi connectivity index (χ4n) is 1.71. The van der Waals surface area contributed by atoms with Crippen molar-refractivity contribution in [3.05, 3.63) is 57.0 Å². The summed E-state index contributed by atoms with van der Waals surface area (Å²) in [6.45, 7) is 0. The van der Waals surface area contributed by atoms with Gasteiger partial charge in [-0.2, -0.15) is 0 Å². The summed E-state index contributed by atoms with van der Waals surface area (Å²) in [6.07, 6.45) is 0.359. The molecule has 1 N–H and O–H groups in total. The average Bonchev–Trinajstić information content (AvgIpc) is 2.73. The van der Waals surface area contributed by atoms with E-state index < -0.39 is 11.9 Å². The van der Waals surface area contributed by atoms with Gasteiger partial charge in [0.15, 0.2) is 0 Å². The van der Waals surface area contributed by atoms with Gasteiger partial charge in [0.05, 0.1) is 10.3 Å². The van der Waals surface area contributed by atoms with Crippen LogP contribution in [0.3, 0.4) is 0 Å². The number of halogens is 2. The number of hydrogen-bond donors (Lipinski definition) is 1. The Kier molecular flexibility index (Phi) is 3.99. The highest BCUT2D eigenvalue weighted by atomic mass is 35.5. The molecule has 94 valence electrons. The van der Waals surface area contributed by atoms with E-state index in [1.807, 2.05) is 6.07 Å². The molecule has 0 amide bonds. The summed E-state index contributed by atoms with van der Waals surface area (Å²) in [4.78, 5) is 12.2. The maximum Gasteiger partial charge on any atom is 0.311 e. The summed E-state index contributed by atoms with van der Waals surface area (Å²) in [5, 5.41) is 9.24. The molecular weight excluding hydrogens is 275 g/mol. The molecular formula is C13H10ClFO2S. The highest BCUT2D eigenvalue weighted by Crippen LogP contribution is 2.28. The molecule has 1 aromatic carbocycles. The van der Waals surface area contributed by atoms with Crippen molar-refractivity contribution in [3.63, 3.8) is 0 Å². The van der Waals surface area contributed by atoms with Crippen LogP contribution in [0.4, 0.5) is 4.39 Å². The Morgan fingerprint density at radius 3 is 2.44 bits per heavy atom. The second-order valence-electron chi connectivity index (χ2n) is 3.85. The lowest BCUT2D eigenvalue weighted by Gasteiger charge is -2.11. The monoisotopic (exact) mass is 284 g/mol. The molecule has 1 aromatic heterocycles. The van der Waals surface area contributed by atoms with E-state index in [1.54, 1.807) is 6.07 Å². The molecule has 0 fully saturated rings. The van der Waals surface area contributed by atoms with Gasteiger partial charge in [0.25, 0.3) is 0 Å². The Labute approximate surface area is 113 Å². The molecule has 0 saturated heterocycles. The van der Waals surface area contributed by atoms with E-state index in [-0.39, 0.29) is 5.82 Å². The standard InChI is InChI=1S/C13H10ClFO2S/c14-12-6-5-10(18-12)7-11(13(16)17)8-1-3-9(15)4-2-8/h1-6,11H,7H2,(H,16,17). The Morgan fingerprint density at radius 1 is 1.28 bits per heavy atom. The second-order valence-corrected chi connectivity index (χ2v) is 5.65. The summed E-state index contributed by atoms with van der Waals surface area (Å²) in [6, 6.07) is 9.10. The van der Waals surface area contributed by atoms with Crippen molar-refractivity contribution in [1.82, 2.24) is 0 Å². The van der Waals surface area contributed by atoms with E-state index in [9.17, 15) is 14.3 Å². The zero-order valence-electron chi connectivity index (χ0n) is 9.27. The van der Waals surface area contributed by atoms with Crippen molar-refractivity contribution in [2.75, 3.05) is 0 Å². The third-order valence-electron chi connectivity index (χ3n) is 2.60. The molecule has 2 nitrogen and oxygen atoms in total. The summed E-state index contributed by atoms with van der Waals surface area (Å²) < 4.78 is 13.5. The van der Waals surface area contributed by atoms with Gasteiger partial charge in [-0.05, 0) is 36.2 Å². The Bertz CT molecular complexity index is 550. The first-order valence-corrected chi connectivity index (χ1v) is 6.48. The topological polar surface area (TPSA) is 37.3 Å². The van der Waals surface area contributed by atoms with E-state index in [0.29, 0.717) is 16.3 Å². The largest absolute Gasteiger partial charge is 0.481 e. The Morgan fingerprint density at radius 2 is 1.94 bits per heavy atom. The van der Waals surface area contributed by atoms with Crippen LogP contribution in [0.25, 0.3) is 0 Å². The maximum absolute atomic E-state index is 12.8. The Balaban J connectivity index is 2.23. The molecule has 1 heterocycles. The predicted molar refractivity (Wildman–Crippen MR) is 69.8 cm³/mol. The van der Waals surface area contributed by atoms with Crippen LogP contribution in [-0.2, 0) is 11.2 Å². The van der Waals surface area contributed by atoms with E-state index in [2.05, 4.69) is 0 Å². The van der Waals surface area contributed by atoms with Crippen LogP contribution >= 0.6 is 22.9 Å². The van der Waals surface area contributed by atoms with Crippen LogP contribution in [-0.4, -0.2) is 11.1 Å². The van der Waals surface area contributed by atoms with Crippen LogP contribution in [0, 0.1) is 5.82 Å². The average molecular weight is 285 g/mol. The van der Waals surface area contributed by atoms with Crippen molar-refractivity contribution in [3.8, 4) is 0 Å². The molecule has 0 bridgehead atoms. The van der Waals surface area contributed by atoms with E-state index >= 15 is 0 Å². The molecule has 2 aromatic rings. The number of carbonyl (C=O) groups is 1. The lowest BCUT2D eigenvalue weighted by atomic mass is 9.95. The van der Waals surface area contributed by atoms with Gasteiger partial charge in [-0.3, -0.25) is 4.79 Å². The zero-order chi connectivity index (χ0) is 13.1. The molecule has 0 aliphatic rings. The van der Waals surface area contributed by atoms with Gasteiger partial charge in [-0.15, -0.1) is 11.3 Å². The molecule has 18 heavy (non-hydrogen) atoms. The highest BCUT2D eigenvalue weighted by Gasteiger charge is 2.21. The number of hydrogen-bond acceptors (Lipinski definition) is 2. The van der Waals surface area contributed by atoms with Gasteiger partial charge >= 0.3 is 5.97 Å². The van der Waals surface area contributed by atoms with Crippen molar-refractivity contribution in [2.45, 2.75) is 12.3 Å². The van der Waals surface area contributed by atoms with Gasteiger partial charge in [0.2, 0.25) is 0 Å².